The molecule has 1 N–H and O–H groups in total. The maximum Gasteiger partial charge on any atom is 0.371 e. The molecule has 2 rings (SSSR count). The number of nitrogens with zero attached hydrogens (tertiary/aromatic N) is 1. The smallest absolute Gasteiger partial charge is 0.371 e. The number of carbonyl (C=O) groups excluding carboxylic acids is 2. The molecule has 2 amide bonds. The summed E-state index contributed by atoms with van der Waals surface area (Å²) in [4.78, 5) is 34.2. The van der Waals surface area contributed by atoms with Gasteiger partial charge in [0.1, 0.15) is 5.76 Å². The number of furan rings is 1. The van der Waals surface area contributed by atoms with E-state index in [9.17, 15) is 14.4 Å². The van der Waals surface area contributed by atoms with Gasteiger partial charge in [0.05, 0.1) is 6.54 Å². The van der Waals surface area contributed by atoms with Gasteiger partial charge in [-0.3, -0.25) is 14.5 Å². The lowest BCUT2D eigenvalue weighted by molar-refractivity contribution is -0.139. The Bertz CT molecular complexity index is 446. The molecule has 0 bridgehead atoms. The van der Waals surface area contributed by atoms with Crippen LogP contribution in [0.15, 0.2) is 16.5 Å². The lowest BCUT2D eigenvalue weighted by atomic mass is 10.4. The van der Waals surface area contributed by atoms with Crippen molar-refractivity contribution >= 4 is 17.8 Å². The molecule has 0 spiro atoms. The Kier molecular flexibility index (Phi) is 2.47. The molecule has 0 aliphatic carbocycles. The second kappa shape index (κ2) is 3.80. The largest absolute Gasteiger partial charge is 0.475 e. The molecule has 0 saturated carbocycles. The monoisotopic (exact) mass is 223 g/mol. The molecule has 16 heavy (non-hydrogen) atoms. The van der Waals surface area contributed by atoms with Gasteiger partial charge >= 0.3 is 5.97 Å². The average Bonchev–Trinajstić information content (AvgIpc) is 2.80. The summed E-state index contributed by atoms with van der Waals surface area (Å²) in [5.41, 5.74) is 0. The van der Waals surface area contributed by atoms with Crippen LogP contribution >= 0.6 is 0 Å². The van der Waals surface area contributed by atoms with Crippen LogP contribution in [0.2, 0.25) is 0 Å². The van der Waals surface area contributed by atoms with E-state index >= 15 is 0 Å². The van der Waals surface area contributed by atoms with E-state index in [0.717, 1.165) is 4.90 Å². The maximum atomic E-state index is 11.3. The summed E-state index contributed by atoms with van der Waals surface area (Å²) in [6, 6.07) is 2.74. The highest BCUT2D eigenvalue weighted by atomic mass is 16.4. The van der Waals surface area contributed by atoms with Crippen molar-refractivity contribution in [2.75, 3.05) is 0 Å². The summed E-state index contributed by atoms with van der Waals surface area (Å²) < 4.78 is 4.96. The molecule has 2 heterocycles. The molecule has 84 valence electrons. The molecule has 6 heteroatoms. The average molecular weight is 223 g/mol. The Labute approximate surface area is 90.4 Å². The fourth-order valence-corrected chi connectivity index (χ4v) is 1.53. The first-order chi connectivity index (χ1) is 7.58. The molecule has 0 unspecified atom stereocenters. The number of amides is 2. The Balaban J connectivity index is 2.11. The highest BCUT2D eigenvalue weighted by Gasteiger charge is 2.29. The summed E-state index contributed by atoms with van der Waals surface area (Å²) in [7, 11) is 0. The Morgan fingerprint density at radius 2 is 1.94 bits per heavy atom. The van der Waals surface area contributed by atoms with Crippen molar-refractivity contribution in [3.63, 3.8) is 0 Å². The Morgan fingerprint density at radius 1 is 1.31 bits per heavy atom. The number of aromatic carboxylic acids is 1. The number of hydrogen-bond donors (Lipinski definition) is 1. The van der Waals surface area contributed by atoms with Crippen molar-refractivity contribution in [3.8, 4) is 0 Å². The third kappa shape index (κ3) is 1.81. The van der Waals surface area contributed by atoms with E-state index in [1.54, 1.807) is 0 Å². The van der Waals surface area contributed by atoms with Gasteiger partial charge in [-0.05, 0) is 12.1 Å². The van der Waals surface area contributed by atoms with E-state index in [4.69, 9.17) is 9.52 Å². The summed E-state index contributed by atoms with van der Waals surface area (Å²) in [6.45, 7) is 0.00491. The summed E-state index contributed by atoms with van der Waals surface area (Å²) in [6.07, 6.45) is 0.427. The van der Waals surface area contributed by atoms with Crippen LogP contribution in [0.3, 0.4) is 0 Å². The van der Waals surface area contributed by atoms with Gasteiger partial charge in [-0.1, -0.05) is 0 Å². The first-order valence-corrected chi connectivity index (χ1v) is 4.73. The number of rotatable bonds is 3. The van der Waals surface area contributed by atoms with E-state index in [1.807, 2.05) is 0 Å². The minimum Gasteiger partial charge on any atom is -0.475 e. The van der Waals surface area contributed by atoms with Crippen LogP contribution in [0, 0.1) is 0 Å². The number of carbonyl (C=O) groups is 3. The molecular weight excluding hydrogens is 214 g/mol. The molecule has 0 atom stereocenters. The van der Waals surface area contributed by atoms with Gasteiger partial charge in [0.15, 0.2) is 0 Å². The molecular formula is C10H9NO5. The SMILES string of the molecule is O=C(O)c1ccc(CN2C(=O)CCC2=O)o1. The molecule has 1 aliphatic rings. The lowest BCUT2D eigenvalue weighted by Crippen LogP contribution is -2.28. The third-order valence-corrected chi connectivity index (χ3v) is 2.34. The lowest BCUT2D eigenvalue weighted by Gasteiger charge is -2.10. The van der Waals surface area contributed by atoms with Crippen LogP contribution in [-0.4, -0.2) is 27.8 Å². The molecule has 1 fully saturated rings. The van der Waals surface area contributed by atoms with Crippen molar-refractivity contribution in [2.24, 2.45) is 0 Å². The zero-order valence-electron chi connectivity index (χ0n) is 8.30. The van der Waals surface area contributed by atoms with Gasteiger partial charge < -0.3 is 9.52 Å². The highest BCUT2D eigenvalue weighted by Crippen LogP contribution is 2.17. The third-order valence-electron chi connectivity index (χ3n) is 2.34. The molecule has 1 aromatic rings. The highest BCUT2D eigenvalue weighted by molar-refractivity contribution is 6.01. The van der Waals surface area contributed by atoms with Gasteiger partial charge in [0.2, 0.25) is 17.6 Å². The van der Waals surface area contributed by atoms with E-state index in [-0.39, 0.29) is 37.0 Å². The first-order valence-electron chi connectivity index (χ1n) is 4.73. The predicted molar refractivity (Wildman–Crippen MR) is 50.5 cm³/mol. The van der Waals surface area contributed by atoms with Crippen LogP contribution in [0.1, 0.15) is 29.2 Å². The fraction of sp³-hybridized carbons (Fsp3) is 0.300. The van der Waals surface area contributed by atoms with Crippen molar-refractivity contribution in [1.29, 1.82) is 0 Å². The summed E-state index contributed by atoms with van der Waals surface area (Å²) >= 11 is 0. The normalized spacial score (nSPS) is 15.9. The minimum atomic E-state index is -1.18. The van der Waals surface area contributed by atoms with Gasteiger partial charge in [-0.2, -0.15) is 0 Å². The molecule has 1 aromatic heterocycles. The molecule has 0 aromatic carbocycles. The van der Waals surface area contributed by atoms with Crippen molar-refractivity contribution in [2.45, 2.75) is 19.4 Å². The van der Waals surface area contributed by atoms with Crippen LogP contribution < -0.4 is 0 Å². The zero-order chi connectivity index (χ0) is 11.7. The van der Waals surface area contributed by atoms with Crippen molar-refractivity contribution in [3.05, 3.63) is 23.7 Å². The van der Waals surface area contributed by atoms with E-state index in [0.29, 0.717) is 5.76 Å². The van der Waals surface area contributed by atoms with Gasteiger partial charge in [0.25, 0.3) is 0 Å². The van der Waals surface area contributed by atoms with Crippen LogP contribution in [0.25, 0.3) is 0 Å². The van der Waals surface area contributed by atoms with Crippen LogP contribution in [-0.2, 0) is 16.1 Å². The van der Waals surface area contributed by atoms with Gasteiger partial charge in [0, 0.05) is 12.8 Å². The van der Waals surface area contributed by atoms with Crippen LogP contribution in [0.5, 0.6) is 0 Å². The van der Waals surface area contributed by atoms with E-state index in [2.05, 4.69) is 0 Å². The standard InChI is InChI=1S/C10H9NO5/c12-8-3-4-9(13)11(8)5-6-1-2-7(16-6)10(14)15/h1-2H,3-5H2,(H,14,15). The minimum absolute atomic E-state index is 0.00491. The van der Waals surface area contributed by atoms with E-state index in [1.165, 1.54) is 12.1 Å². The maximum absolute atomic E-state index is 11.3. The number of likely N-dealkylation sites (tertiary alicyclic amines) is 1. The molecule has 1 aliphatic heterocycles. The molecule has 0 radical (unpaired) electrons. The number of imide groups is 1. The van der Waals surface area contributed by atoms with Crippen molar-refractivity contribution < 1.29 is 23.9 Å². The second-order valence-corrected chi connectivity index (χ2v) is 3.44. The van der Waals surface area contributed by atoms with E-state index < -0.39 is 5.97 Å². The number of hydrogen-bond acceptors (Lipinski definition) is 4. The van der Waals surface area contributed by atoms with Crippen molar-refractivity contribution in [1.82, 2.24) is 4.90 Å². The molecule has 6 nitrogen and oxygen atoms in total. The Hall–Kier alpha value is -2.11. The van der Waals surface area contributed by atoms with Crippen LogP contribution in [0.4, 0.5) is 0 Å². The number of carboxylic acids is 1. The second-order valence-electron chi connectivity index (χ2n) is 3.44. The number of carboxylic acid groups (broad SMARTS) is 1. The fourth-order valence-electron chi connectivity index (χ4n) is 1.53. The van der Waals surface area contributed by atoms with Gasteiger partial charge in [-0.15, -0.1) is 0 Å². The molecule has 1 saturated heterocycles. The van der Waals surface area contributed by atoms with Gasteiger partial charge in [-0.25, -0.2) is 4.79 Å². The Morgan fingerprint density at radius 3 is 2.44 bits per heavy atom. The topological polar surface area (TPSA) is 87.8 Å². The predicted octanol–water partition coefficient (Wildman–Crippen LogP) is 0.627. The quantitative estimate of drug-likeness (QED) is 0.759. The summed E-state index contributed by atoms with van der Waals surface area (Å²) in [5, 5.41) is 8.62. The summed E-state index contributed by atoms with van der Waals surface area (Å²) in [5.74, 6) is -1.59. The first kappa shape index (κ1) is 10.4. The zero-order valence-corrected chi connectivity index (χ0v) is 8.30.